The molecular formula is C10H13BrClN3O2S. The predicted molar refractivity (Wildman–Crippen MR) is 74.9 cm³/mol. The van der Waals surface area contributed by atoms with Crippen molar-refractivity contribution >= 4 is 38.4 Å². The molecule has 0 spiro atoms. The lowest BCUT2D eigenvalue weighted by molar-refractivity contribution is 0.562. The third kappa shape index (κ3) is 4.55. The van der Waals surface area contributed by atoms with Gasteiger partial charge in [-0.3, -0.25) is 0 Å². The molecule has 1 aromatic carbocycles. The number of halogens is 2. The van der Waals surface area contributed by atoms with Crippen LogP contribution in [-0.4, -0.2) is 21.0 Å². The van der Waals surface area contributed by atoms with Gasteiger partial charge in [0.05, 0.1) is 16.5 Å². The summed E-state index contributed by atoms with van der Waals surface area (Å²) in [6, 6.07) is 5.84. The van der Waals surface area contributed by atoms with Gasteiger partial charge in [-0.05, 0) is 25.1 Å². The highest BCUT2D eigenvalue weighted by molar-refractivity contribution is 9.10. The Bertz CT molecular complexity index is 557. The van der Waals surface area contributed by atoms with Gasteiger partial charge < -0.3 is 5.73 Å². The van der Waals surface area contributed by atoms with Gasteiger partial charge in [0.15, 0.2) is 0 Å². The van der Waals surface area contributed by atoms with Gasteiger partial charge in [-0.15, -0.1) is 12.4 Å². The van der Waals surface area contributed by atoms with Gasteiger partial charge in [0.2, 0.25) is 10.0 Å². The van der Waals surface area contributed by atoms with E-state index in [4.69, 9.17) is 11.0 Å². The van der Waals surface area contributed by atoms with Crippen molar-refractivity contribution in [3.8, 4) is 6.07 Å². The van der Waals surface area contributed by atoms with Crippen molar-refractivity contribution in [3.63, 3.8) is 0 Å². The average Bonchev–Trinajstić information content (AvgIpc) is 2.27. The number of sulfonamides is 1. The summed E-state index contributed by atoms with van der Waals surface area (Å²) in [4.78, 5) is 0.0451. The predicted octanol–water partition coefficient (Wildman–Crippen LogP) is 1.37. The molecular weight excluding hydrogens is 342 g/mol. The second kappa shape index (κ2) is 7.07. The van der Waals surface area contributed by atoms with Crippen molar-refractivity contribution < 1.29 is 8.42 Å². The molecule has 3 N–H and O–H groups in total. The zero-order chi connectivity index (χ0) is 13.1. The van der Waals surface area contributed by atoms with Crippen molar-refractivity contribution in [1.29, 1.82) is 5.26 Å². The van der Waals surface area contributed by atoms with E-state index < -0.39 is 10.0 Å². The fraction of sp³-hybridized carbons (Fsp3) is 0.300. The summed E-state index contributed by atoms with van der Waals surface area (Å²) in [5.41, 5.74) is 5.63. The molecule has 0 bridgehead atoms. The first-order chi connectivity index (χ1) is 7.89. The number of benzene rings is 1. The van der Waals surface area contributed by atoms with E-state index in [-0.39, 0.29) is 35.5 Å². The second-order valence-electron chi connectivity index (χ2n) is 3.55. The molecule has 1 atom stereocenters. The van der Waals surface area contributed by atoms with Gasteiger partial charge in [-0.25, -0.2) is 13.1 Å². The van der Waals surface area contributed by atoms with E-state index in [1.165, 1.54) is 12.1 Å². The monoisotopic (exact) mass is 353 g/mol. The van der Waals surface area contributed by atoms with Crippen LogP contribution in [0.3, 0.4) is 0 Å². The van der Waals surface area contributed by atoms with Crippen LogP contribution in [0.2, 0.25) is 0 Å². The summed E-state index contributed by atoms with van der Waals surface area (Å²) >= 11 is 3.16. The van der Waals surface area contributed by atoms with E-state index in [0.717, 1.165) is 0 Å². The number of hydrogen-bond acceptors (Lipinski definition) is 4. The van der Waals surface area contributed by atoms with Crippen LogP contribution in [0.1, 0.15) is 12.5 Å². The summed E-state index contributed by atoms with van der Waals surface area (Å²) in [5.74, 6) is 0. The molecule has 1 aromatic rings. The lowest BCUT2D eigenvalue weighted by atomic mass is 10.2. The van der Waals surface area contributed by atoms with Gasteiger partial charge in [0.1, 0.15) is 0 Å². The SMILES string of the molecule is C[C@@H](CN)NS(=O)(=O)c1cc(Br)cc(C#N)c1.Cl. The Labute approximate surface area is 121 Å². The largest absolute Gasteiger partial charge is 0.329 e. The normalized spacial score (nSPS) is 12.3. The molecule has 0 aliphatic heterocycles. The Balaban J connectivity index is 0.00000289. The lowest BCUT2D eigenvalue weighted by Gasteiger charge is -2.12. The Hall–Kier alpha value is -0.650. The maximum Gasteiger partial charge on any atom is 0.240 e. The Morgan fingerprint density at radius 1 is 1.50 bits per heavy atom. The standard InChI is InChI=1S/C10H12BrN3O2S.ClH/c1-7(5-12)14-17(15,16)10-3-8(6-13)2-9(11)4-10;/h2-4,7,14H,5,12H2,1H3;1H/t7-;/m0./s1. The van der Waals surface area contributed by atoms with E-state index in [9.17, 15) is 8.42 Å². The Morgan fingerprint density at radius 3 is 2.61 bits per heavy atom. The third-order valence-electron chi connectivity index (χ3n) is 2.02. The molecule has 0 aromatic heterocycles. The zero-order valence-corrected chi connectivity index (χ0v) is 12.8. The number of nitrogens with zero attached hydrogens (tertiary/aromatic N) is 1. The average molecular weight is 355 g/mol. The molecule has 0 unspecified atom stereocenters. The fourth-order valence-corrected chi connectivity index (χ4v) is 3.13. The number of rotatable bonds is 4. The highest BCUT2D eigenvalue weighted by Gasteiger charge is 2.17. The van der Waals surface area contributed by atoms with Crippen LogP contribution < -0.4 is 10.5 Å². The van der Waals surface area contributed by atoms with Gasteiger partial charge >= 0.3 is 0 Å². The molecule has 0 amide bonds. The first-order valence-corrected chi connectivity index (χ1v) is 7.09. The molecule has 1 rings (SSSR count). The molecule has 18 heavy (non-hydrogen) atoms. The van der Waals surface area contributed by atoms with Crippen LogP contribution in [0.15, 0.2) is 27.6 Å². The highest BCUT2D eigenvalue weighted by atomic mass is 79.9. The Morgan fingerprint density at radius 2 is 2.11 bits per heavy atom. The summed E-state index contributed by atoms with van der Waals surface area (Å²) in [7, 11) is -3.64. The highest BCUT2D eigenvalue weighted by Crippen LogP contribution is 2.19. The minimum atomic E-state index is -3.64. The van der Waals surface area contributed by atoms with Crippen LogP contribution >= 0.6 is 28.3 Å². The smallest absolute Gasteiger partial charge is 0.240 e. The topological polar surface area (TPSA) is 96.0 Å². The zero-order valence-electron chi connectivity index (χ0n) is 9.55. The number of nitrogens with one attached hydrogen (secondary N) is 1. The van der Waals surface area contributed by atoms with E-state index >= 15 is 0 Å². The second-order valence-corrected chi connectivity index (χ2v) is 6.18. The molecule has 5 nitrogen and oxygen atoms in total. The van der Waals surface area contributed by atoms with E-state index in [1.807, 2.05) is 6.07 Å². The van der Waals surface area contributed by atoms with Gasteiger partial charge in [0.25, 0.3) is 0 Å². The minimum absolute atomic E-state index is 0. The van der Waals surface area contributed by atoms with Crippen molar-refractivity contribution in [2.45, 2.75) is 17.9 Å². The van der Waals surface area contributed by atoms with Crippen LogP contribution in [0.25, 0.3) is 0 Å². The van der Waals surface area contributed by atoms with Crippen LogP contribution in [-0.2, 0) is 10.0 Å². The lowest BCUT2D eigenvalue weighted by Crippen LogP contribution is -2.37. The molecule has 0 saturated heterocycles. The Kier molecular flexibility index (Phi) is 6.81. The minimum Gasteiger partial charge on any atom is -0.329 e. The fourth-order valence-electron chi connectivity index (χ4n) is 1.16. The summed E-state index contributed by atoms with van der Waals surface area (Å²) in [6.07, 6.45) is 0. The molecule has 0 saturated carbocycles. The van der Waals surface area contributed by atoms with Crippen molar-refractivity contribution in [1.82, 2.24) is 4.72 Å². The van der Waals surface area contributed by atoms with Crippen molar-refractivity contribution in [3.05, 3.63) is 28.2 Å². The molecule has 8 heteroatoms. The van der Waals surface area contributed by atoms with Crippen LogP contribution in [0.4, 0.5) is 0 Å². The van der Waals surface area contributed by atoms with Crippen LogP contribution in [0, 0.1) is 11.3 Å². The third-order valence-corrected chi connectivity index (χ3v) is 4.05. The molecule has 0 heterocycles. The summed E-state index contributed by atoms with van der Waals surface area (Å²) < 4.78 is 26.8. The van der Waals surface area contributed by atoms with E-state index in [1.54, 1.807) is 13.0 Å². The van der Waals surface area contributed by atoms with Gasteiger partial charge in [-0.2, -0.15) is 5.26 Å². The quantitative estimate of drug-likeness (QED) is 0.853. The number of nitrogens with two attached hydrogens (primary N) is 1. The molecule has 0 aliphatic carbocycles. The molecule has 0 aliphatic rings. The number of hydrogen-bond donors (Lipinski definition) is 2. The van der Waals surface area contributed by atoms with Gasteiger partial charge in [0, 0.05) is 17.1 Å². The maximum atomic E-state index is 11.9. The van der Waals surface area contributed by atoms with Crippen molar-refractivity contribution in [2.24, 2.45) is 5.73 Å². The molecule has 100 valence electrons. The molecule has 0 radical (unpaired) electrons. The van der Waals surface area contributed by atoms with E-state index in [0.29, 0.717) is 4.47 Å². The van der Waals surface area contributed by atoms with E-state index in [2.05, 4.69) is 20.7 Å². The van der Waals surface area contributed by atoms with Crippen molar-refractivity contribution in [2.75, 3.05) is 6.54 Å². The number of nitriles is 1. The summed E-state index contributed by atoms with van der Waals surface area (Å²) in [5, 5.41) is 8.77. The first kappa shape index (κ1) is 17.4. The maximum absolute atomic E-state index is 11.9. The first-order valence-electron chi connectivity index (χ1n) is 4.82. The molecule has 0 fully saturated rings. The van der Waals surface area contributed by atoms with Crippen LogP contribution in [0.5, 0.6) is 0 Å². The summed E-state index contributed by atoms with van der Waals surface area (Å²) in [6.45, 7) is 1.87. The van der Waals surface area contributed by atoms with Gasteiger partial charge in [-0.1, -0.05) is 15.9 Å².